The Kier molecular flexibility index (Phi) is 6.37. The molecule has 0 spiro atoms. The van der Waals surface area contributed by atoms with Crippen LogP contribution in [0, 0.1) is 5.82 Å². The first-order chi connectivity index (χ1) is 16.8. The Morgan fingerprint density at radius 2 is 1.86 bits per heavy atom. The molecule has 0 aliphatic carbocycles. The molecule has 7 nitrogen and oxygen atoms in total. The van der Waals surface area contributed by atoms with Crippen LogP contribution >= 0.6 is 11.6 Å². The molecule has 0 atom stereocenters. The topological polar surface area (TPSA) is 66.4 Å². The van der Waals surface area contributed by atoms with Gasteiger partial charge in [0.25, 0.3) is 0 Å². The average molecular weight is 509 g/mol. The van der Waals surface area contributed by atoms with Gasteiger partial charge in [-0.3, -0.25) is 0 Å². The number of ether oxygens (including phenoxy) is 1. The molecule has 2 aliphatic heterocycles. The number of morpholine rings is 1. The van der Waals surface area contributed by atoms with E-state index >= 15 is 4.39 Å². The minimum atomic E-state index is -4.48. The highest BCUT2D eigenvalue weighted by atomic mass is 35.5. The zero-order chi connectivity index (χ0) is 24.6. The first kappa shape index (κ1) is 23.6. The SMILES string of the molecule is Fc1c(-c2cnc3c(n2)N(Cc2cc(C(F)(F)F)ccc2Cl)CCN3)ccnc1N1CCOCC1. The molecule has 3 aromatic rings. The summed E-state index contributed by atoms with van der Waals surface area (Å²) < 4.78 is 60.5. The molecule has 1 saturated heterocycles. The van der Waals surface area contributed by atoms with Gasteiger partial charge in [-0.15, -0.1) is 0 Å². The fourth-order valence-electron chi connectivity index (χ4n) is 4.13. The van der Waals surface area contributed by atoms with E-state index in [0.717, 1.165) is 12.1 Å². The predicted octanol–water partition coefficient (Wildman–Crippen LogP) is 4.62. The number of rotatable bonds is 4. The van der Waals surface area contributed by atoms with Gasteiger partial charge in [0, 0.05) is 49.5 Å². The molecule has 184 valence electrons. The van der Waals surface area contributed by atoms with Crippen molar-refractivity contribution in [1.29, 1.82) is 0 Å². The lowest BCUT2D eigenvalue weighted by atomic mass is 10.1. The Morgan fingerprint density at radius 1 is 1.06 bits per heavy atom. The van der Waals surface area contributed by atoms with Crippen LogP contribution in [0.15, 0.2) is 36.7 Å². The van der Waals surface area contributed by atoms with Crippen molar-refractivity contribution < 1.29 is 22.3 Å². The lowest BCUT2D eigenvalue weighted by molar-refractivity contribution is -0.137. The van der Waals surface area contributed by atoms with Gasteiger partial charge in [0.2, 0.25) is 0 Å². The second-order valence-corrected chi connectivity index (χ2v) is 8.58. The molecule has 35 heavy (non-hydrogen) atoms. The van der Waals surface area contributed by atoms with Crippen LogP contribution < -0.4 is 15.1 Å². The molecule has 0 saturated carbocycles. The molecule has 5 rings (SSSR count). The molecule has 0 bridgehead atoms. The number of aromatic nitrogens is 3. The van der Waals surface area contributed by atoms with Gasteiger partial charge in [0.05, 0.1) is 30.7 Å². The molecule has 1 fully saturated rings. The zero-order valence-electron chi connectivity index (χ0n) is 18.4. The summed E-state index contributed by atoms with van der Waals surface area (Å²) in [5.74, 6) is 0.577. The minimum Gasteiger partial charge on any atom is -0.378 e. The highest BCUT2D eigenvalue weighted by molar-refractivity contribution is 6.31. The fraction of sp³-hybridized carbons (Fsp3) is 0.348. The predicted molar refractivity (Wildman–Crippen MR) is 124 cm³/mol. The van der Waals surface area contributed by atoms with Crippen molar-refractivity contribution in [3.8, 4) is 11.3 Å². The molecule has 1 aromatic carbocycles. The highest BCUT2D eigenvalue weighted by Crippen LogP contribution is 2.35. The van der Waals surface area contributed by atoms with Crippen molar-refractivity contribution >= 4 is 29.1 Å². The quantitative estimate of drug-likeness (QED) is 0.516. The van der Waals surface area contributed by atoms with Crippen LogP contribution in [0.1, 0.15) is 11.1 Å². The Labute approximate surface area is 203 Å². The third-order valence-corrected chi connectivity index (χ3v) is 6.29. The number of pyridine rings is 1. The van der Waals surface area contributed by atoms with Crippen molar-refractivity contribution in [1.82, 2.24) is 15.0 Å². The third-order valence-electron chi connectivity index (χ3n) is 5.92. The van der Waals surface area contributed by atoms with E-state index in [0.29, 0.717) is 62.3 Å². The van der Waals surface area contributed by atoms with E-state index in [-0.39, 0.29) is 22.9 Å². The molecule has 0 amide bonds. The van der Waals surface area contributed by atoms with Gasteiger partial charge in [-0.2, -0.15) is 13.2 Å². The first-order valence-electron chi connectivity index (χ1n) is 11.0. The minimum absolute atomic E-state index is 0.0907. The second kappa shape index (κ2) is 9.46. The van der Waals surface area contributed by atoms with Crippen LogP contribution in [0.5, 0.6) is 0 Å². The normalized spacial score (nSPS) is 16.1. The summed E-state index contributed by atoms with van der Waals surface area (Å²) in [6, 6.07) is 4.76. The summed E-state index contributed by atoms with van der Waals surface area (Å²) in [7, 11) is 0. The number of nitrogens with zero attached hydrogens (tertiary/aromatic N) is 5. The van der Waals surface area contributed by atoms with E-state index in [2.05, 4.69) is 20.3 Å². The van der Waals surface area contributed by atoms with Crippen LogP contribution in [0.2, 0.25) is 5.02 Å². The van der Waals surface area contributed by atoms with Crippen molar-refractivity contribution in [2.24, 2.45) is 0 Å². The summed E-state index contributed by atoms with van der Waals surface area (Å²) in [5.41, 5.74) is 0.0641. The third kappa shape index (κ3) is 4.83. The maximum absolute atomic E-state index is 15.5. The molecular formula is C23H21ClF4N6O. The lowest BCUT2D eigenvalue weighted by Gasteiger charge is -2.31. The number of hydrogen-bond acceptors (Lipinski definition) is 7. The largest absolute Gasteiger partial charge is 0.416 e. The van der Waals surface area contributed by atoms with Crippen LogP contribution in [-0.2, 0) is 17.5 Å². The summed E-state index contributed by atoms with van der Waals surface area (Å²) >= 11 is 6.22. The van der Waals surface area contributed by atoms with Crippen molar-refractivity contribution in [2.45, 2.75) is 12.7 Å². The van der Waals surface area contributed by atoms with Gasteiger partial charge in [-0.1, -0.05) is 11.6 Å². The zero-order valence-corrected chi connectivity index (χ0v) is 19.2. The monoisotopic (exact) mass is 508 g/mol. The van der Waals surface area contributed by atoms with Crippen LogP contribution in [0.25, 0.3) is 11.3 Å². The van der Waals surface area contributed by atoms with E-state index in [1.165, 1.54) is 24.5 Å². The molecular weight excluding hydrogens is 488 g/mol. The molecule has 12 heteroatoms. The van der Waals surface area contributed by atoms with Crippen molar-refractivity contribution in [3.05, 3.63) is 58.6 Å². The Bertz CT molecular complexity index is 1240. The molecule has 1 N–H and O–H groups in total. The first-order valence-corrected chi connectivity index (χ1v) is 11.4. The fourth-order valence-corrected chi connectivity index (χ4v) is 4.30. The number of hydrogen-bond donors (Lipinski definition) is 1. The Morgan fingerprint density at radius 3 is 2.63 bits per heavy atom. The van der Waals surface area contributed by atoms with Gasteiger partial charge < -0.3 is 19.9 Å². The lowest BCUT2D eigenvalue weighted by Crippen LogP contribution is -2.37. The van der Waals surface area contributed by atoms with Crippen LogP contribution in [0.3, 0.4) is 0 Å². The molecule has 4 heterocycles. The standard InChI is InChI=1S/C23H21ClF4N6O/c24-17-2-1-15(23(26,27)28)11-14(17)13-34-6-5-29-20-22(34)32-18(12-31-20)16-3-4-30-21(19(16)25)33-7-9-35-10-8-33/h1-4,11-12H,5-10,13H2,(H,29,31). The van der Waals surface area contributed by atoms with Crippen LogP contribution in [0.4, 0.5) is 35.0 Å². The van der Waals surface area contributed by atoms with Gasteiger partial charge >= 0.3 is 6.18 Å². The maximum atomic E-state index is 15.5. The summed E-state index contributed by atoms with van der Waals surface area (Å²) in [5, 5.41) is 3.35. The number of nitrogens with one attached hydrogen (secondary N) is 1. The van der Waals surface area contributed by atoms with Gasteiger partial charge in [-0.05, 0) is 29.8 Å². The van der Waals surface area contributed by atoms with E-state index < -0.39 is 17.6 Å². The average Bonchev–Trinajstić information content (AvgIpc) is 2.85. The second-order valence-electron chi connectivity index (χ2n) is 8.18. The van der Waals surface area contributed by atoms with Gasteiger partial charge in [-0.25, -0.2) is 19.3 Å². The number of alkyl halides is 3. The van der Waals surface area contributed by atoms with Gasteiger partial charge in [0.1, 0.15) is 0 Å². The molecule has 0 radical (unpaired) electrons. The molecule has 2 aliphatic rings. The van der Waals surface area contributed by atoms with Crippen molar-refractivity contribution in [3.63, 3.8) is 0 Å². The summed E-state index contributed by atoms with van der Waals surface area (Å²) in [6.45, 7) is 3.09. The number of fused-ring (bicyclic) bond motifs is 1. The Balaban J connectivity index is 1.48. The van der Waals surface area contributed by atoms with E-state index in [4.69, 9.17) is 16.3 Å². The van der Waals surface area contributed by atoms with Gasteiger partial charge in [0.15, 0.2) is 23.3 Å². The molecule has 2 aromatic heterocycles. The van der Waals surface area contributed by atoms with E-state index in [1.54, 1.807) is 4.90 Å². The van der Waals surface area contributed by atoms with Crippen LogP contribution in [-0.4, -0.2) is 54.3 Å². The summed E-state index contributed by atoms with van der Waals surface area (Å²) in [6.07, 6.45) is -1.50. The number of benzene rings is 1. The molecule has 0 unspecified atom stereocenters. The van der Waals surface area contributed by atoms with E-state index in [1.807, 2.05) is 4.90 Å². The maximum Gasteiger partial charge on any atom is 0.416 e. The summed E-state index contributed by atoms with van der Waals surface area (Å²) in [4.78, 5) is 16.8. The smallest absolute Gasteiger partial charge is 0.378 e. The number of halogens is 5. The highest BCUT2D eigenvalue weighted by Gasteiger charge is 2.31. The Hall–Kier alpha value is -3.18. The van der Waals surface area contributed by atoms with E-state index in [9.17, 15) is 13.2 Å². The van der Waals surface area contributed by atoms with Crippen molar-refractivity contribution in [2.75, 3.05) is 54.5 Å². The number of anilines is 3.